The Labute approximate surface area is 122 Å². The highest BCUT2D eigenvalue weighted by Gasteiger charge is 2.23. The van der Waals surface area contributed by atoms with E-state index in [0.29, 0.717) is 12.2 Å². The lowest BCUT2D eigenvalue weighted by atomic mass is 9.93. The highest BCUT2D eigenvalue weighted by atomic mass is 19.1. The van der Waals surface area contributed by atoms with Crippen LogP contribution in [0.15, 0.2) is 36.4 Å². The summed E-state index contributed by atoms with van der Waals surface area (Å²) < 4.78 is 33.0. The van der Waals surface area contributed by atoms with Crippen LogP contribution in [0.3, 0.4) is 0 Å². The van der Waals surface area contributed by atoms with Crippen molar-refractivity contribution in [2.24, 2.45) is 0 Å². The number of para-hydroxylation sites is 1. The summed E-state index contributed by atoms with van der Waals surface area (Å²) in [6.45, 7) is 0.673. The second kappa shape index (κ2) is 5.82. The molecule has 1 unspecified atom stereocenters. The second-order valence-corrected chi connectivity index (χ2v) is 5.18. The molecule has 0 bridgehead atoms. The molecular formula is C17H17F2NO. The van der Waals surface area contributed by atoms with Crippen LogP contribution in [0.2, 0.25) is 0 Å². The van der Waals surface area contributed by atoms with Gasteiger partial charge in [0.15, 0.2) is 0 Å². The summed E-state index contributed by atoms with van der Waals surface area (Å²) in [5, 5.41) is 3.10. The molecule has 0 aromatic heterocycles. The molecule has 0 aliphatic carbocycles. The van der Waals surface area contributed by atoms with Gasteiger partial charge in [-0.05, 0) is 31.5 Å². The zero-order valence-electron chi connectivity index (χ0n) is 11.8. The molecule has 110 valence electrons. The van der Waals surface area contributed by atoms with E-state index in [4.69, 9.17) is 4.74 Å². The van der Waals surface area contributed by atoms with Crippen molar-refractivity contribution in [1.29, 1.82) is 0 Å². The van der Waals surface area contributed by atoms with E-state index in [1.165, 1.54) is 12.1 Å². The molecule has 1 aliphatic rings. The Kier molecular flexibility index (Phi) is 3.88. The fraction of sp³-hybridized carbons (Fsp3) is 0.294. The number of aryl methyl sites for hydroxylation is 1. The fourth-order valence-corrected chi connectivity index (χ4v) is 2.86. The average molecular weight is 289 g/mol. The summed E-state index contributed by atoms with van der Waals surface area (Å²) in [7, 11) is 1.76. The third-order valence-corrected chi connectivity index (χ3v) is 3.84. The summed E-state index contributed by atoms with van der Waals surface area (Å²) in [6, 6.07) is 9.22. The lowest BCUT2D eigenvalue weighted by molar-refractivity contribution is 0.283. The van der Waals surface area contributed by atoms with Crippen LogP contribution in [-0.4, -0.2) is 13.7 Å². The second-order valence-electron chi connectivity index (χ2n) is 5.18. The number of halogens is 2. The van der Waals surface area contributed by atoms with Gasteiger partial charge in [0.1, 0.15) is 17.4 Å². The molecule has 21 heavy (non-hydrogen) atoms. The van der Waals surface area contributed by atoms with Gasteiger partial charge in [0.05, 0.1) is 12.6 Å². The molecule has 1 atom stereocenters. The Hall–Kier alpha value is -1.94. The van der Waals surface area contributed by atoms with Crippen LogP contribution in [0.1, 0.15) is 29.2 Å². The highest BCUT2D eigenvalue weighted by Crippen LogP contribution is 2.36. The molecule has 1 heterocycles. The molecule has 2 aromatic carbocycles. The predicted molar refractivity (Wildman–Crippen MR) is 77.5 cm³/mol. The molecule has 2 aromatic rings. The molecule has 2 nitrogen and oxygen atoms in total. The molecule has 1 N–H and O–H groups in total. The first kappa shape index (κ1) is 14.0. The van der Waals surface area contributed by atoms with E-state index in [-0.39, 0.29) is 6.04 Å². The molecular weight excluding hydrogens is 272 g/mol. The van der Waals surface area contributed by atoms with E-state index in [0.717, 1.165) is 35.8 Å². The minimum atomic E-state index is -0.572. The van der Waals surface area contributed by atoms with Gasteiger partial charge >= 0.3 is 0 Å². The number of fused-ring (bicyclic) bond motifs is 1. The van der Waals surface area contributed by atoms with Gasteiger partial charge in [0.25, 0.3) is 0 Å². The number of rotatable bonds is 3. The lowest BCUT2D eigenvalue weighted by Crippen LogP contribution is -2.21. The number of hydrogen-bond acceptors (Lipinski definition) is 2. The van der Waals surface area contributed by atoms with Crippen molar-refractivity contribution >= 4 is 0 Å². The van der Waals surface area contributed by atoms with E-state index >= 15 is 0 Å². The third-order valence-electron chi connectivity index (χ3n) is 3.84. The highest BCUT2D eigenvalue weighted by molar-refractivity contribution is 5.48. The first-order chi connectivity index (χ1) is 10.2. The first-order valence-corrected chi connectivity index (χ1v) is 7.07. The van der Waals surface area contributed by atoms with Gasteiger partial charge in [0.2, 0.25) is 0 Å². The SMILES string of the molecule is CNC(c1ccc(F)cc1F)c1cccc2c1OCCC2. The maximum atomic E-state index is 14.1. The van der Waals surface area contributed by atoms with Crippen LogP contribution in [0.4, 0.5) is 8.78 Å². The van der Waals surface area contributed by atoms with Gasteiger partial charge in [0, 0.05) is 17.2 Å². The van der Waals surface area contributed by atoms with Gasteiger partial charge in [-0.1, -0.05) is 24.3 Å². The van der Waals surface area contributed by atoms with Crippen molar-refractivity contribution in [3.63, 3.8) is 0 Å². The van der Waals surface area contributed by atoms with Crippen LogP contribution in [0.25, 0.3) is 0 Å². The van der Waals surface area contributed by atoms with Crippen molar-refractivity contribution in [1.82, 2.24) is 5.32 Å². The van der Waals surface area contributed by atoms with Crippen molar-refractivity contribution in [3.8, 4) is 5.75 Å². The van der Waals surface area contributed by atoms with E-state index in [2.05, 4.69) is 5.32 Å². The Bertz CT molecular complexity index is 657. The minimum Gasteiger partial charge on any atom is -0.493 e. The topological polar surface area (TPSA) is 21.3 Å². The van der Waals surface area contributed by atoms with Crippen LogP contribution in [0, 0.1) is 11.6 Å². The van der Waals surface area contributed by atoms with Crippen LogP contribution >= 0.6 is 0 Å². The zero-order valence-corrected chi connectivity index (χ0v) is 11.8. The average Bonchev–Trinajstić information content (AvgIpc) is 2.50. The van der Waals surface area contributed by atoms with E-state index in [9.17, 15) is 8.78 Å². The monoisotopic (exact) mass is 289 g/mol. The van der Waals surface area contributed by atoms with E-state index < -0.39 is 11.6 Å². The molecule has 0 radical (unpaired) electrons. The third kappa shape index (κ3) is 2.63. The van der Waals surface area contributed by atoms with Gasteiger partial charge in [-0.3, -0.25) is 0 Å². The van der Waals surface area contributed by atoms with Gasteiger partial charge in [-0.15, -0.1) is 0 Å². The summed E-state index contributed by atoms with van der Waals surface area (Å²) in [5.74, 6) is -0.299. The summed E-state index contributed by atoms with van der Waals surface area (Å²) in [5.41, 5.74) is 2.45. The molecule has 0 amide bonds. The fourth-order valence-electron chi connectivity index (χ4n) is 2.86. The Balaban J connectivity index is 2.08. The molecule has 0 spiro atoms. The smallest absolute Gasteiger partial charge is 0.131 e. The van der Waals surface area contributed by atoms with Gasteiger partial charge < -0.3 is 10.1 Å². The first-order valence-electron chi connectivity index (χ1n) is 7.07. The molecule has 0 saturated heterocycles. The maximum absolute atomic E-state index is 14.1. The standard InChI is InChI=1S/C17H17F2NO/c1-20-16(13-8-7-12(18)10-15(13)19)14-6-2-4-11-5-3-9-21-17(11)14/h2,4,6-8,10,16,20H,3,5,9H2,1H3. The summed E-state index contributed by atoms with van der Waals surface area (Å²) >= 11 is 0. The Morgan fingerprint density at radius 3 is 2.76 bits per heavy atom. The largest absolute Gasteiger partial charge is 0.493 e. The van der Waals surface area contributed by atoms with Crippen molar-refractivity contribution in [3.05, 3.63) is 64.7 Å². The van der Waals surface area contributed by atoms with Crippen LogP contribution < -0.4 is 10.1 Å². The van der Waals surface area contributed by atoms with Gasteiger partial charge in [-0.25, -0.2) is 8.78 Å². The maximum Gasteiger partial charge on any atom is 0.131 e. The van der Waals surface area contributed by atoms with Crippen LogP contribution in [0.5, 0.6) is 5.75 Å². The zero-order chi connectivity index (χ0) is 14.8. The molecule has 0 fully saturated rings. The summed E-state index contributed by atoms with van der Waals surface area (Å²) in [6.07, 6.45) is 1.96. The normalized spacial score (nSPS) is 15.2. The van der Waals surface area contributed by atoms with Crippen LogP contribution in [-0.2, 0) is 6.42 Å². The molecule has 3 rings (SSSR count). The molecule has 1 aliphatic heterocycles. The van der Waals surface area contributed by atoms with Gasteiger partial charge in [-0.2, -0.15) is 0 Å². The van der Waals surface area contributed by atoms with E-state index in [1.807, 2.05) is 18.2 Å². The quantitative estimate of drug-likeness (QED) is 0.932. The number of nitrogens with one attached hydrogen (secondary N) is 1. The van der Waals surface area contributed by atoms with Crippen molar-refractivity contribution in [2.75, 3.05) is 13.7 Å². The minimum absolute atomic E-state index is 0.362. The van der Waals surface area contributed by atoms with Crippen molar-refractivity contribution in [2.45, 2.75) is 18.9 Å². The number of hydrogen-bond donors (Lipinski definition) is 1. The summed E-state index contributed by atoms with van der Waals surface area (Å²) in [4.78, 5) is 0. The molecule has 0 saturated carbocycles. The Morgan fingerprint density at radius 2 is 2.00 bits per heavy atom. The lowest BCUT2D eigenvalue weighted by Gasteiger charge is -2.25. The molecule has 4 heteroatoms. The number of benzene rings is 2. The number of ether oxygens (including phenoxy) is 1. The van der Waals surface area contributed by atoms with E-state index in [1.54, 1.807) is 7.05 Å². The Morgan fingerprint density at radius 1 is 1.14 bits per heavy atom. The predicted octanol–water partition coefficient (Wildman–Crippen LogP) is 3.60. The van der Waals surface area contributed by atoms with Crippen molar-refractivity contribution < 1.29 is 13.5 Å².